The first-order valence-corrected chi connectivity index (χ1v) is 5.86. The molecule has 3 N–H and O–H groups in total. The third-order valence-corrected chi connectivity index (χ3v) is 2.95. The third-order valence-electron chi connectivity index (χ3n) is 2.95. The van der Waals surface area contributed by atoms with Crippen LogP contribution >= 0.6 is 0 Å². The largest absolute Gasteiger partial charge is 0.493 e. The van der Waals surface area contributed by atoms with Gasteiger partial charge in [0.05, 0.1) is 23.0 Å². The lowest BCUT2D eigenvalue weighted by Crippen LogP contribution is -2.14. The van der Waals surface area contributed by atoms with Crippen LogP contribution in [0.2, 0.25) is 0 Å². The van der Waals surface area contributed by atoms with Gasteiger partial charge in [-0.15, -0.1) is 0 Å². The molecule has 0 unspecified atom stereocenters. The van der Waals surface area contributed by atoms with Gasteiger partial charge in [-0.25, -0.2) is 4.98 Å². The molecule has 0 fully saturated rings. The van der Waals surface area contributed by atoms with E-state index >= 15 is 0 Å². The molecule has 3 rings (SSSR count). The lowest BCUT2D eigenvalue weighted by molar-refractivity contribution is 0.443. The lowest BCUT2D eigenvalue weighted by Gasteiger charge is -2.00. The van der Waals surface area contributed by atoms with Crippen molar-refractivity contribution in [2.24, 2.45) is 0 Å². The SMILES string of the molecule is Cc1c(O)nc(Cc2nc3ccccc3[nH]2)[nH]c1=O. The molecule has 2 aromatic heterocycles. The number of hydrogen-bond donors (Lipinski definition) is 3. The zero-order chi connectivity index (χ0) is 13.4. The molecule has 1 aromatic carbocycles. The summed E-state index contributed by atoms with van der Waals surface area (Å²) in [5.74, 6) is 0.828. The number of nitrogens with one attached hydrogen (secondary N) is 2. The molecule has 0 spiro atoms. The summed E-state index contributed by atoms with van der Waals surface area (Å²) < 4.78 is 0. The molecule has 0 amide bonds. The minimum absolute atomic E-state index is 0.216. The zero-order valence-corrected chi connectivity index (χ0v) is 10.3. The zero-order valence-electron chi connectivity index (χ0n) is 10.3. The van der Waals surface area contributed by atoms with E-state index < -0.39 is 0 Å². The van der Waals surface area contributed by atoms with Gasteiger partial charge in [0.2, 0.25) is 5.88 Å². The van der Waals surface area contributed by atoms with E-state index in [-0.39, 0.29) is 17.0 Å². The van der Waals surface area contributed by atoms with Gasteiger partial charge in [-0.1, -0.05) is 12.1 Å². The highest BCUT2D eigenvalue weighted by Crippen LogP contribution is 2.13. The fourth-order valence-electron chi connectivity index (χ4n) is 1.90. The number of H-pyrrole nitrogens is 2. The van der Waals surface area contributed by atoms with Crippen molar-refractivity contribution in [3.63, 3.8) is 0 Å². The molecule has 0 aliphatic heterocycles. The number of aromatic amines is 2. The summed E-state index contributed by atoms with van der Waals surface area (Å²) in [5, 5.41) is 9.54. The molecule has 0 atom stereocenters. The van der Waals surface area contributed by atoms with Crippen molar-refractivity contribution in [3.05, 3.63) is 51.8 Å². The number of aromatic nitrogens is 4. The average Bonchev–Trinajstić information content (AvgIpc) is 2.78. The van der Waals surface area contributed by atoms with Gasteiger partial charge in [0, 0.05) is 0 Å². The predicted octanol–water partition coefficient (Wildman–Crippen LogP) is 1.25. The normalized spacial score (nSPS) is 11.0. The van der Waals surface area contributed by atoms with E-state index in [4.69, 9.17) is 0 Å². The van der Waals surface area contributed by atoms with Crippen LogP contribution in [0.4, 0.5) is 0 Å². The van der Waals surface area contributed by atoms with E-state index in [0.717, 1.165) is 11.0 Å². The number of benzene rings is 1. The second-order valence-corrected chi connectivity index (χ2v) is 4.34. The van der Waals surface area contributed by atoms with E-state index in [0.29, 0.717) is 18.1 Å². The molecule has 6 nitrogen and oxygen atoms in total. The quantitative estimate of drug-likeness (QED) is 0.643. The van der Waals surface area contributed by atoms with Crippen LogP contribution in [-0.2, 0) is 6.42 Å². The number of rotatable bonds is 2. The average molecular weight is 256 g/mol. The van der Waals surface area contributed by atoms with Gasteiger partial charge in [-0.05, 0) is 19.1 Å². The van der Waals surface area contributed by atoms with E-state index in [1.807, 2.05) is 24.3 Å². The van der Waals surface area contributed by atoms with E-state index in [1.165, 1.54) is 6.92 Å². The van der Waals surface area contributed by atoms with E-state index in [9.17, 15) is 9.90 Å². The van der Waals surface area contributed by atoms with Crippen LogP contribution in [0.25, 0.3) is 11.0 Å². The molecule has 0 aliphatic carbocycles. The Bertz CT molecular complexity index is 771. The van der Waals surface area contributed by atoms with Crippen LogP contribution in [0.3, 0.4) is 0 Å². The van der Waals surface area contributed by atoms with Gasteiger partial charge in [-0.2, -0.15) is 4.98 Å². The molecule has 0 aliphatic rings. The predicted molar refractivity (Wildman–Crippen MR) is 70.2 cm³/mol. The van der Waals surface area contributed by atoms with E-state index in [2.05, 4.69) is 19.9 Å². The number of fused-ring (bicyclic) bond motifs is 1. The molecule has 6 heteroatoms. The van der Waals surface area contributed by atoms with Gasteiger partial charge in [0.1, 0.15) is 11.6 Å². The Labute approximate surface area is 108 Å². The summed E-state index contributed by atoms with van der Waals surface area (Å²) in [4.78, 5) is 25.6. The first-order valence-electron chi connectivity index (χ1n) is 5.86. The summed E-state index contributed by atoms with van der Waals surface area (Å²) >= 11 is 0. The maximum atomic E-state index is 11.5. The monoisotopic (exact) mass is 256 g/mol. The summed E-state index contributed by atoms with van der Waals surface area (Å²) in [6.45, 7) is 1.52. The number of hydrogen-bond acceptors (Lipinski definition) is 4. The highest BCUT2D eigenvalue weighted by molar-refractivity contribution is 5.74. The second-order valence-electron chi connectivity index (χ2n) is 4.34. The Morgan fingerprint density at radius 2 is 1.89 bits per heavy atom. The maximum Gasteiger partial charge on any atom is 0.257 e. The van der Waals surface area contributed by atoms with Crippen LogP contribution in [-0.4, -0.2) is 25.0 Å². The van der Waals surface area contributed by atoms with Crippen LogP contribution < -0.4 is 5.56 Å². The van der Waals surface area contributed by atoms with E-state index in [1.54, 1.807) is 0 Å². The minimum atomic E-state index is -0.335. The molecule has 3 aromatic rings. The molecule has 0 saturated carbocycles. The first kappa shape index (κ1) is 11.5. The van der Waals surface area contributed by atoms with Crippen molar-refractivity contribution in [1.29, 1.82) is 0 Å². The maximum absolute atomic E-state index is 11.5. The summed E-state index contributed by atoms with van der Waals surface area (Å²) in [6.07, 6.45) is 0.331. The highest BCUT2D eigenvalue weighted by Gasteiger charge is 2.09. The van der Waals surface area contributed by atoms with Crippen LogP contribution in [0.5, 0.6) is 5.88 Å². The molecule has 19 heavy (non-hydrogen) atoms. The number of para-hydroxylation sites is 2. The number of aromatic hydroxyl groups is 1. The Morgan fingerprint density at radius 3 is 2.63 bits per heavy atom. The standard InChI is InChI=1S/C13H12N4O2/c1-7-12(18)16-11(17-13(7)19)6-10-14-8-4-2-3-5-9(8)15-10/h2-5H,6H2,1H3,(H,14,15)(H2,16,17,18,19). The van der Waals surface area contributed by atoms with Gasteiger partial charge in [-0.3, -0.25) is 4.79 Å². The highest BCUT2D eigenvalue weighted by atomic mass is 16.3. The molecule has 0 bridgehead atoms. The Hall–Kier alpha value is -2.63. The summed E-state index contributed by atoms with van der Waals surface area (Å²) in [6, 6.07) is 7.65. The minimum Gasteiger partial charge on any atom is -0.493 e. The molecule has 2 heterocycles. The molecular weight excluding hydrogens is 244 g/mol. The second kappa shape index (κ2) is 4.24. The molecular formula is C13H12N4O2. The lowest BCUT2D eigenvalue weighted by atomic mass is 10.3. The summed E-state index contributed by atoms with van der Waals surface area (Å²) in [5.41, 5.74) is 1.67. The fourth-order valence-corrected chi connectivity index (χ4v) is 1.90. The van der Waals surface area contributed by atoms with Crippen molar-refractivity contribution < 1.29 is 5.11 Å². The topological polar surface area (TPSA) is 94.7 Å². The van der Waals surface area contributed by atoms with Crippen LogP contribution in [0.1, 0.15) is 17.2 Å². The third kappa shape index (κ3) is 2.08. The number of nitrogens with zero attached hydrogens (tertiary/aromatic N) is 2. The number of imidazole rings is 1. The van der Waals surface area contributed by atoms with Crippen molar-refractivity contribution >= 4 is 11.0 Å². The van der Waals surface area contributed by atoms with Gasteiger partial charge >= 0.3 is 0 Å². The van der Waals surface area contributed by atoms with Crippen molar-refractivity contribution in [1.82, 2.24) is 19.9 Å². The van der Waals surface area contributed by atoms with Crippen molar-refractivity contribution in [2.45, 2.75) is 13.3 Å². The Balaban J connectivity index is 1.99. The summed E-state index contributed by atoms with van der Waals surface area (Å²) in [7, 11) is 0. The molecule has 0 saturated heterocycles. The molecule has 96 valence electrons. The Morgan fingerprint density at radius 1 is 1.16 bits per heavy atom. The first-order chi connectivity index (χ1) is 9.13. The van der Waals surface area contributed by atoms with Gasteiger partial charge in [0.15, 0.2) is 0 Å². The van der Waals surface area contributed by atoms with Gasteiger partial charge < -0.3 is 15.1 Å². The van der Waals surface area contributed by atoms with Crippen molar-refractivity contribution in [3.8, 4) is 5.88 Å². The van der Waals surface area contributed by atoms with Crippen LogP contribution in [0, 0.1) is 6.92 Å². The van der Waals surface area contributed by atoms with Crippen molar-refractivity contribution in [2.75, 3.05) is 0 Å². The Kier molecular flexibility index (Phi) is 2.56. The fraction of sp³-hybridized carbons (Fsp3) is 0.154. The smallest absolute Gasteiger partial charge is 0.257 e. The van der Waals surface area contributed by atoms with Crippen LogP contribution in [0.15, 0.2) is 29.1 Å². The van der Waals surface area contributed by atoms with Gasteiger partial charge in [0.25, 0.3) is 5.56 Å². The molecule has 0 radical (unpaired) electrons.